The molecule has 3 atom stereocenters. The number of hydrogen-bond donors (Lipinski definition) is 0. The summed E-state index contributed by atoms with van der Waals surface area (Å²) in [5.41, 5.74) is 1.86. The summed E-state index contributed by atoms with van der Waals surface area (Å²) in [5.74, 6) is 0.675. The Labute approximate surface area is 234 Å². The van der Waals surface area contributed by atoms with Gasteiger partial charge in [-0.05, 0) is 83.0 Å². The molecule has 10 heteroatoms. The second-order valence-electron chi connectivity index (χ2n) is 12.7. The lowest BCUT2D eigenvalue weighted by molar-refractivity contribution is 0.00567. The molecule has 3 heterocycles. The van der Waals surface area contributed by atoms with E-state index in [1.807, 2.05) is 83.1 Å². The highest BCUT2D eigenvalue weighted by Crippen LogP contribution is 2.51. The second kappa shape index (κ2) is 9.92. The molecule has 2 bridgehead atoms. The Bertz CT molecular complexity index is 1430. The van der Waals surface area contributed by atoms with Crippen molar-refractivity contribution in [2.75, 3.05) is 6.61 Å². The zero-order valence-electron chi connectivity index (χ0n) is 23.8. The Morgan fingerprint density at radius 1 is 1.10 bits per heavy atom. The Morgan fingerprint density at radius 2 is 1.88 bits per heavy atom. The summed E-state index contributed by atoms with van der Waals surface area (Å²) in [6.07, 6.45) is 1.81. The molecule has 1 aromatic heterocycles. The van der Waals surface area contributed by atoms with Gasteiger partial charge in [0.05, 0.1) is 29.3 Å². The van der Waals surface area contributed by atoms with Crippen molar-refractivity contribution in [3.63, 3.8) is 0 Å². The monoisotopic (exact) mass is 545 g/mol. The number of piperidine rings is 1. The second-order valence-corrected chi connectivity index (χ2v) is 12.7. The Hall–Kier alpha value is -3.37. The number of carbonyl (C=O) groups is 2. The average molecular weight is 545 g/mol. The predicted octanol–water partition coefficient (Wildman–Crippen LogP) is 5.20. The summed E-state index contributed by atoms with van der Waals surface area (Å²) < 4.78 is 25.2. The maximum atomic E-state index is 13.8. The third-order valence-electron chi connectivity index (χ3n) is 7.83. The fourth-order valence-corrected chi connectivity index (χ4v) is 6.13. The lowest BCUT2D eigenvalue weighted by atomic mass is 9.79. The Balaban J connectivity index is 1.41. The van der Waals surface area contributed by atoms with Crippen LogP contribution in [0.4, 0.5) is 9.59 Å². The summed E-state index contributed by atoms with van der Waals surface area (Å²) in [6, 6.07) is 14.9. The summed E-state index contributed by atoms with van der Waals surface area (Å²) in [7, 11) is -0.549. The number of carbonyl (C=O) groups excluding carboxylic acids is 2. The van der Waals surface area contributed by atoms with Gasteiger partial charge in [-0.1, -0.05) is 36.4 Å². The lowest BCUT2D eigenvalue weighted by Crippen LogP contribution is -2.44. The topological polar surface area (TPSA) is 92.1 Å². The smallest absolute Gasteiger partial charge is 0.444 e. The van der Waals surface area contributed by atoms with E-state index in [0.717, 1.165) is 30.3 Å². The van der Waals surface area contributed by atoms with Gasteiger partial charge in [-0.3, -0.25) is 4.90 Å². The van der Waals surface area contributed by atoms with Crippen molar-refractivity contribution < 1.29 is 28.4 Å². The quantitative estimate of drug-likeness (QED) is 0.416. The van der Waals surface area contributed by atoms with Gasteiger partial charge in [0.1, 0.15) is 18.0 Å². The summed E-state index contributed by atoms with van der Waals surface area (Å²) in [4.78, 5) is 34.0. The van der Waals surface area contributed by atoms with Crippen molar-refractivity contribution in [1.82, 2.24) is 14.5 Å². The molecule has 210 valence electrons. The van der Waals surface area contributed by atoms with Crippen LogP contribution in [0.2, 0.25) is 0 Å². The first-order valence-electron chi connectivity index (χ1n) is 14.0. The molecule has 3 fully saturated rings. The largest absolute Gasteiger partial charge is 0.494 e. The number of benzene rings is 2. The minimum atomic E-state index is -0.637. The van der Waals surface area contributed by atoms with Crippen molar-refractivity contribution in [3.05, 3.63) is 59.9 Å². The lowest BCUT2D eigenvalue weighted by Gasteiger charge is -2.36. The normalized spacial score (nSPS) is 23.7. The van der Waals surface area contributed by atoms with E-state index in [4.69, 9.17) is 23.8 Å². The van der Waals surface area contributed by atoms with Crippen LogP contribution in [0.3, 0.4) is 0 Å². The van der Waals surface area contributed by atoms with Crippen molar-refractivity contribution in [1.29, 1.82) is 0 Å². The van der Waals surface area contributed by atoms with Gasteiger partial charge >= 0.3 is 19.3 Å². The van der Waals surface area contributed by atoms with Gasteiger partial charge in [-0.15, -0.1) is 0 Å². The third kappa shape index (κ3) is 5.10. The first-order chi connectivity index (χ1) is 19.0. The zero-order chi connectivity index (χ0) is 28.2. The molecule has 0 spiro atoms. The van der Waals surface area contributed by atoms with Gasteiger partial charge < -0.3 is 18.8 Å². The van der Waals surface area contributed by atoms with E-state index in [-0.39, 0.29) is 24.7 Å². The van der Waals surface area contributed by atoms with Crippen molar-refractivity contribution in [2.24, 2.45) is 5.92 Å². The van der Waals surface area contributed by atoms with Crippen LogP contribution in [0, 0.1) is 5.92 Å². The van der Waals surface area contributed by atoms with E-state index < -0.39 is 30.5 Å². The molecule has 0 N–H and O–H groups in total. The van der Waals surface area contributed by atoms with Gasteiger partial charge in [-0.25, -0.2) is 19.1 Å². The fraction of sp³-hybridized carbons (Fsp3) is 0.500. The predicted molar refractivity (Wildman–Crippen MR) is 150 cm³/mol. The molecule has 40 heavy (non-hydrogen) atoms. The van der Waals surface area contributed by atoms with Crippen LogP contribution in [-0.4, -0.2) is 57.6 Å². The highest BCUT2D eigenvalue weighted by Gasteiger charge is 2.52. The summed E-state index contributed by atoms with van der Waals surface area (Å²) >= 11 is 0. The van der Waals surface area contributed by atoms with Crippen LogP contribution in [0.1, 0.15) is 71.3 Å². The molecule has 2 saturated heterocycles. The first-order valence-corrected chi connectivity index (χ1v) is 14.0. The van der Waals surface area contributed by atoms with Crippen LogP contribution < -0.4 is 5.46 Å². The molecule has 0 radical (unpaired) electrons. The van der Waals surface area contributed by atoms with Crippen LogP contribution in [0.15, 0.2) is 48.5 Å². The van der Waals surface area contributed by atoms with Gasteiger partial charge in [-0.2, -0.15) is 0 Å². The number of amides is 1. The minimum absolute atomic E-state index is 0.0523. The number of likely N-dealkylation sites (tertiary alicyclic amines) is 1. The molecule has 1 saturated carbocycles. The Morgan fingerprint density at radius 3 is 2.58 bits per heavy atom. The number of nitrogens with zero attached hydrogens (tertiary/aromatic N) is 3. The highest BCUT2D eigenvalue weighted by atomic mass is 16.7. The van der Waals surface area contributed by atoms with Crippen molar-refractivity contribution >= 4 is 35.8 Å². The fourth-order valence-electron chi connectivity index (χ4n) is 6.13. The molecule has 2 aromatic carbocycles. The van der Waals surface area contributed by atoms with Crippen molar-refractivity contribution in [2.45, 2.75) is 83.8 Å². The standard InChI is InChI=1S/C30H36BN3O6/c1-29(2,3)39-28(36)33-22-13-11-20(15-22)25(33)26-32-23-14-12-21(31-38-18-30(4,5)40-31)16-24(23)34(26)27(35)37-17-19-9-7-6-8-10-19/h6-10,12,14,16,20,22,25H,11,13,15,17-18H2,1-5H3/t20-,22+,25-/m0/s1. The summed E-state index contributed by atoms with van der Waals surface area (Å²) in [5, 5.41) is 0. The van der Waals surface area contributed by atoms with E-state index in [0.29, 0.717) is 23.5 Å². The van der Waals surface area contributed by atoms with Crippen LogP contribution in [0.25, 0.3) is 11.0 Å². The molecule has 1 amide bonds. The molecular weight excluding hydrogens is 509 g/mol. The first kappa shape index (κ1) is 26.8. The number of ether oxygens (including phenoxy) is 2. The van der Waals surface area contributed by atoms with Crippen LogP contribution >= 0.6 is 0 Å². The van der Waals surface area contributed by atoms with E-state index in [1.165, 1.54) is 4.57 Å². The molecule has 1 aliphatic carbocycles. The van der Waals surface area contributed by atoms with Crippen molar-refractivity contribution in [3.8, 4) is 0 Å². The van der Waals surface area contributed by atoms with E-state index in [1.54, 1.807) is 4.90 Å². The molecule has 3 aromatic rings. The Kier molecular flexibility index (Phi) is 6.66. The van der Waals surface area contributed by atoms with Gasteiger partial charge in [0.2, 0.25) is 0 Å². The number of hydrogen-bond acceptors (Lipinski definition) is 7. The third-order valence-corrected chi connectivity index (χ3v) is 7.83. The number of rotatable bonds is 4. The number of imidazole rings is 1. The average Bonchev–Trinajstić information content (AvgIpc) is 3.67. The van der Waals surface area contributed by atoms with Crippen LogP contribution in [0.5, 0.6) is 0 Å². The van der Waals surface area contributed by atoms with E-state index in [2.05, 4.69) is 0 Å². The van der Waals surface area contributed by atoms with Gasteiger partial charge in [0.15, 0.2) is 0 Å². The molecule has 6 rings (SSSR count). The highest BCUT2D eigenvalue weighted by molar-refractivity contribution is 6.62. The van der Waals surface area contributed by atoms with Gasteiger partial charge in [0, 0.05) is 6.04 Å². The summed E-state index contributed by atoms with van der Waals surface area (Å²) in [6.45, 7) is 10.1. The van der Waals surface area contributed by atoms with Crippen LogP contribution in [-0.2, 0) is 25.4 Å². The zero-order valence-corrected chi connectivity index (χ0v) is 23.8. The molecule has 3 aliphatic rings. The molecule has 9 nitrogen and oxygen atoms in total. The maximum Gasteiger partial charge on any atom is 0.494 e. The molecular formula is C30H36BN3O6. The molecule has 0 unspecified atom stereocenters. The minimum Gasteiger partial charge on any atom is -0.444 e. The maximum absolute atomic E-state index is 13.8. The van der Waals surface area contributed by atoms with E-state index in [9.17, 15) is 9.59 Å². The number of aromatic nitrogens is 2. The van der Waals surface area contributed by atoms with E-state index >= 15 is 0 Å². The van der Waals surface area contributed by atoms with Gasteiger partial charge in [0.25, 0.3) is 0 Å². The number of fused-ring (bicyclic) bond motifs is 3. The molecule has 2 aliphatic heterocycles. The SMILES string of the molecule is CC(C)(C)OC(=O)N1[C@@H]2CC[C@@H](C2)[C@H]1c1nc2ccc(B3OCC(C)(C)O3)cc2n1C(=O)OCc1ccccc1.